The van der Waals surface area contributed by atoms with Gasteiger partial charge in [-0.15, -0.1) is 0 Å². The van der Waals surface area contributed by atoms with Crippen molar-refractivity contribution < 1.29 is 13.9 Å². The Kier molecular flexibility index (Phi) is 3.47. The predicted octanol–water partition coefficient (Wildman–Crippen LogP) is 2.59. The van der Waals surface area contributed by atoms with Crippen LogP contribution >= 0.6 is 0 Å². The van der Waals surface area contributed by atoms with E-state index in [0.717, 1.165) is 6.20 Å². The minimum Gasteiger partial charge on any atom is -0.443 e. The molecular weight excluding hydrogens is 211 g/mol. The van der Waals surface area contributed by atoms with Crippen LogP contribution in [0.3, 0.4) is 0 Å². The number of carbonyl (C=O) groups is 1. The molecule has 1 rings (SSSR count). The Hall–Kier alpha value is -1.65. The number of hydrogen-bond donors (Lipinski definition) is 0. The smallest absolute Gasteiger partial charge is 0.415 e. The molecule has 0 unspecified atom stereocenters. The first-order chi connectivity index (χ1) is 7.29. The predicted molar refractivity (Wildman–Crippen MR) is 58.8 cm³/mol. The van der Waals surface area contributed by atoms with Crippen LogP contribution in [0, 0.1) is 5.82 Å². The molecule has 1 aromatic rings. The minimum atomic E-state index is -0.564. The zero-order chi connectivity index (χ0) is 12.3. The van der Waals surface area contributed by atoms with Crippen molar-refractivity contribution in [1.82, 2.24) is 4.98 Å². The van der Waals surface area contributed by atoms with Gasteiger partial charge >= 0.3 is 6.09 Å². The SMILES string of the molecule is CN(C(=O)OC(C)(C)C)c1ccc(F)cn1. The monoisotopic (exact) mass is 226 g/mol. The Bertz CT molecular complexity index is 371. The zero-order valence-corrected chi connectivity index (χ0v) is 9.82. The maximum Gasteiger partial charge on any atom is 0.415 e. The Balaban J connectivity index is 2.74. The lowest BCUT2D eigenvalue weighted by molar-refractivity contribution is 0.0588. The van der Waals surface area contributed by atoms with Crippen molar-refractivity contribution >= 4 is 11.9 Å². The number of rotatable bonds is 1. The molecule has 0 bridgehead atoms. The van der Waals surface area contributed by atoms with Crippen LogP contribution in [0.1, 0.15) is 20.8 Å². The highest BCUT2D eigenvalue weighted by Gasteiger charge is 2.20. The zero-order valence-electron chi connectivity index (χ0n) is 9.82. The van der Waals surface area contributed by atoms with E-state index < -0.39 is 17.5 Å². The van der Waals surface area contributed by atoms with Gasteiger partial charge in [0, 0.05) is 7.05 Å². The highest BCUT2D eigenvalue weighted by Crippen LogP contribution is 2.14. The molecule has 1 aromatic heterocycles. The van der Waals surface area contributed by atoms with Crippen LogP contribution in [0.2, 0.25) is 0 Å². The number of amides is 1. The number of pyridine rings is 1. The second kappa shape index (κ2) is 4.47. The molecule has 0 aromatic carbocycles. The molecule has 0 aliphatic heterocycles. The van der Waals surface area contributed by atoms with E-state index in [1.807, 2.05) is 0 Å². The molecule has 0 atom stereocenters. The largest absolute Gasteiger partial charge is 0.443 e. The molecule has 16 heavy (non-hydrogen) atoms. The summed E-state index contributed by atoms with van der Waals surface area (Å²) in [6, 6.07) is 2.66. The lowest BCUT2D eigenvalue weighted by Crippen LogP contribution is -2.34. The van der Waals surface area contributed by atoms with Gasteiger partial charge in [-0.2, -0.15) is 0 Å². The number of ether oxygens (including phenoxy) is 1. The average Bonchev–Trinajstić information content (AvgIpc) is 2.15. The van der Waals surface area contributed by atoms with Crippen LogP contribution < -0.4 is 4.90 Å². The Morgan fingerprint density at radius 2 is 2.06 bits per heavy atom. The van der Waals surface area contributed by atoms with Gasteiger partial charge in [-0.25, -0.2) is 14.2 Å². The van der Waals surface area contributed by atoms with Crippen molar-refractivity contribution in [2.24, 2.45) is 0 Å². The lowest BCUT2D eigenvalue weighted by atomic mass is 10.2. The van der Waals surface area contributed by atoms with Crippen molar-refractivity contribution in [2.45, 2.75) is 26.4 Å². The second-order valence-electron chi connectivity index (χ2n) is 4.37. The van der Waals surface area contributed by atoms with Gasteiger partial charge in [0.1, 0.15) is 17.2 Å². The molecule has 0 saturated carbocycles. The van der Waals surface area contributed by atoms with Gasteiger partial charge in [-0.3, -0.25) is 4.90 Å². The molecule has 0 aliphatic rings. The highest BCUT2D eigenvalue weighted by atomic mass is 19.1. The van der Waals surface area contributed by atoms with Gasteiger partial charge < -0.3 is 4.74 Å². The number of halogens is 1. The maximum absolute atomic E-state index is 12.6. The number of anilines is 1. The van der Waals surface area contributed by atoms with Gasteiger partial charge in [0.05, 0.1) is 6.20 Å². The summed E-state index contributed by atoms with van der Waals surface area (Å²) in [5.74, 6) is -0.100. The van der Waals surface area contributed by atoms with Crippen molar-refractivity contribution in [3.8, 4) is 0 Å². The summed E-state index contributed by atoms with van der Waals surface area (Å²) < 4.78 is 17.8. The molecule has 0 radical (unpaired) electrons. The molecule has 88 valence electrons. The fourth-order valence-electron chi connectivity index (χ4n) is 0.990. The summed E-state index contributed by atoms with van der Waals surface area (Å²) in [5, 5.41) is 0. The fourth-order valence-corrected chi connectivity index (χ4v) is 0.990. The third-order valence-corrected chi connectivity index (χ3v) is 1.72. The maximum atomic E-state index is 12.6. The minimum absolute atomic E-state index is 0.343. The van der Waals surface area contributed by atoms with Crippen LogP contribution in [0.5, 0.6) is 0 Å². The van der Waals surface area contributed by atoms with Crippen LogP contribution in [0.25, 0.3) is 0 Å². The Labute approximate surface area is 94.0 Å². The van der Waals surface area contributed by atoms with E-state index in [4.69, 9.17) is 4.74 Å². The van der Waals surface area contributed by atoms with Crippen LogP contribution in [0.15, 0.2) is 18.3 Å². The molecule has 5 heteroatoms. The van der Waals surface area contributed by atoms with Crippen LogP contribution in [-0.4, -0.2) is 23.7 Å². The van der Waals surface area contributed by atoms with Gasteiger partial charge in [0.15, 0.2) is 0 Å². The summed E-state index contributed by atoms with van der Waals surface area (Å²) in [6.45, 7) is 5.32. The van der Waals surface area contributed by atoms with Crippen molar-refractivity contribution in [2.75, 3.05) is 11.9 Å². The van der Waals surface area contributed by atoms with E-state index in [1.54, 1.807) is 20.8 Å². The van der Waals surface area contributed by atoms with Gasteiger partial charge in [-0.1, -0.05) is 0 Å². The number of aromatic nitrogens is 1. The summed E-state index contributed by atoms with van der Waals surface area (Å²) in [5.41, 5.74) is -0.564. The van der Waals surface area contributed by atoms with E-state index in [1.165, 1.54) is 24.1 Å². The third-order valence-electron chi connectivity index (χ3n) is 1.72. The fraction of sp³-hybridized carbons (Fsp3) is 0.455. The second-order valence-corrected chi connectivity index (χ2v) is 4.37. The number of nitrogens with zero attached hydrogens (tertiary/aromatic N) is 2. The summed E-state index contributed by atoms with van der Waals surface area (Å²) >= 11 is 0. The molecule has 0 fully saturated rings. The van der Waals surface area contributed by atoms with E-state index in [0.29, 0.717) is 5.82 Å². The van der Waals surface area contributed by atoms with Crippen molar-refractivity contribution in [1.29, 1.82) is 0 Å². The number of hydrogen-bond acceptors (Lipinski definition) is 3. The molecule has 1 amide bonds. The van der Waals surface area contributed by atoms with E-state index >= 15 is 0 Å². The van der Waals surface area contributed by atoms with Gasteiger partial charge in [0.2, 0.25) is 0 Å². The van der Waals surface area contributed by atoms with Gasteiger partial charge in [0.25, 0.3) is 0 Å². The highest BCUT2D eigenvalue weighted by molar-refractivity contribution is 5.85. The Morgan fingerprint density at radius 1 is 1.44 bits per heavy atom. The topological polar surface area (TPSA) is 42.4 Å². The van der Waals surface area contributed by atoms with Crippen molar-refractivity contribution in [3.63, 3.8) is 0 Å². The van der Waals surface area contributed by atoms with Crippen LogP contribution in [-0.2, 0) is 4.74 Å². The Morgan fingerprint density at radius 3 is 2.50 bits per heavy atom. The molecule has 0 N–H and O–H groups in total. The molecule has 0 spiro atoms. The molecule has 0 aliphatic carbocycles. The average molecular weight is 226 g/mol. The van der Waals surface area contributed by atoms with E-state index in [2.05, 4.69) is 4.98 Å². The number of carbonyl (C=O) groups excluding carboxylic acids is 1. The molecule has 1 heterocycles. The summed E-state index contributed by atoms with van der Waals surface area (Å²) in [4.78, 5) is 16.6. The quantitative estimate of drug-likeness (QED) is 0.739. The van der Waals surface area contributed by atoms with Crippen molar-refractivity contribution in [3.05, 3.63) is 24.1 Å². The molecular formula is C11H15FN2O2. The first-order valence-corrected chi connectivity index (χ1v) is 4.88. The normalized spacial score (nSPS) is 11.1. The summed E-state index contributed by atoms with van der Waals surface area (Å²) in [6.07, 6.45) is 0.530. The molecule has 0 saturated heterocycles. The first-order valence-electron chi connectivity index (χ1n) is 4.88. The standard InChI is InChI=1S/C11H15FN2O2/c1-11(2,3)16-10(15)14(4)9-6-5-8(12)7-13-9/h5-7H,1-4H3. The molecule has 4 nitrogen and oxygen atoms in total. The van der Waals surface area contributed by atoms with Gasteiger partial charge in [-0.05, 0) is 32.9 Å². The first kappa shape index (κ1) is 12.4. The van der Waals surface area contributed by atoms with E-state index in [9.17, 15) is 9.18 Å². The third kappa shape index (κ3) is 3.49. The van der Waals surface area contributed by atoms with E-state index in [-0.39, 0.29) is 0 Å². The summed E-state index contributed by atoms with van der Waals surface area (Å²) in [7, 11) is 1.52. The van der Waals surface area contributed by atoms with Crippen LogP contribution in [0.4, 0.5) is 15.0 Å². The lowest BCUT2D eigenvalue weighted by Gasteiger charge is -2.23.